The van der Waals surface area contributed by atoms with E-state index < -0.39 is 0 Å². The minimum atomic E-state index is -0.386. The number of anilines is 1. The lowest BCUT2D eigenvalue weighted by molar-refractivity contribution is -0.117. The van der Waals surface area contributed by atoms with Crippen molar-refractivity contribution in [2.24, 2.45) is 5.92 Å². The summed E-state index contributed by atoms with van der Waals surface area (Å²) in [6, 6.07) is 7.25. The van der Waals surface area contributed by atoms with Gasteiger partial charge in [0.05, 0.1) is 18.3 Å². The van der Waals surface area contributed by atoms with Gasteiger partial charge in [-0.2, -0.15) is 5.10 Å². The summed E-state index contributed by atoms with van der Waals surface area (Å²) in [5, 5.41) is 14.4. The SMILES string of the molecule is CC(=O)c1nn(C2CCOCC2)cc1NC(=O)c1cccc(CC2C=C(OCCCC=N)C=CC2=O)c1. The molecule has 4 rings (SSSR count). The van der Waals surface area contributed by atoms with E-state index in [0.717, 1.165) is 24.8 Å². The van der Waals surface area contributed by atoms with Crippen molar-refractivity contribution in [2.75, 3.05) is 25.1 Å². The van der Waals surface area contributed by atoms with E-state index in [1.165, 1.54) is 19.2 Å². The maximum absolute atomic E-state index is 13.1. The lowest BCUT2D eigenvalue weighted by atomic mass is 9.91. The van der Waals surface area contributed by atoms with Gasteiger partial charge in [0.2, 0.25) is 0 Å². The molecular formula is C28H32N4O5. The Labute approximate surface area is 216 Å². The lowest BCUT2D eigenvalue weighted by Crippen LogP contribution is -2.20. The van der Waals surface area contributed by atoms with Crippen LogP contribution in [-0.2, 0) is 20.7 Å². The van der Waals surface area contributed by atoms with Crippen LogP contribution in [0.1, 0.15) is 65.1 Å². The third-order valence-electron chi connectivity index (χ3n) is 6.43. The molecule has 1 aliphatic heterocycles. The molecule has 1 aliphatic carbocycles. The molecule has 2 aliphatic rings. The van der Waals surface area contributed by atoms with Crippen molar-refractivity contribution in [2.45, 2.75) is 45.1 Å². The molecule has 0 radical (unpaired) electrons. The minimum Gasteiger partial charge on any atom is -0.494 e. The smallest absolute Gasteiger partial charge is 0.255 e. The van der Waals surface area contributed by atoms with Gasteiger partial charge in [0.25, 0.3) is 5.91 Å². The van der Waals surface area contributed by atoms with Crippen molar-refractivity contribution in [3.63, 3.8) is 0 Å². The van der Waals surface area contributed by atoms with Crippen LogP contribution in [0.4, 0.5) is 5.69 Å². The molecule has 9 nitrogen and oxygen atoms in total. The third-order valence-corrected chi connectivity index (χ3v) is 6.43. The number of hydrogen-bond acceptors (Lipinski definition) is 7. The third kappa shape index (κ3) is 6.89. The van der Waals surface area contributed by atoms with Gasteiger partial charge in [-0.15, -0.1) is 0 Å². The van der Waals surface area contributed by atoms with Gasteiger partial charge in [-0.3, -0.25) is 19.1 Å². The molecule has 2 aromatic rings. The molecule has 1 aromatic heterocycles. The van der Waals surface area contributed by atoms with Crippen LogP contribution in [0.25, 0.3) is 0 Å². The first-order valence-electron chi connectivity index (χ1n) is 12.6. The number of hydrogen-bond donors (Lipinski definition) is 2. The zero-order chi connectivity index (χ0) is 26.2. The highest BCUT2D eigenvalue weighted by molar-refractivity contribution is 6.08. The largest absolute Gasteiger partial charge is 0.494 e. The van der Waals surface area contributed by atoms with Crippen LogP contribution in [0, 0.1) is 11.3 Å². The van der Waals surface area contributed by atoms with E-state index in [9.17, 15) is 14.4 Å². The van der Waals surface area contributed by atoms with E-state index >= 15 is 0 Å². The monoisotopic (exact) mass is 504 g/mol. The number of nitrogens with one attached hydrogen (secondary N) is 2. The van der Waals surface area contributed by atoms with Crippen LogP contribution in [0.15, 0.2) is 54.4 Å². The molecule has 0 saturated carbocycles. The molecule has 1 saturated heterocycles. The van der Waals surface area contributed by atoms with Crippen LogP contribution in [0.5, 0.6) is 0 Å². The molecular weight excluding hydrogens is 472 g/mol. The fraction of sp³-hybridized carbons (Fsp3) is 0.393. The summed E-state index contributed by atoms with van der Waals surface area (Å²) in [6.07, 6.45) is 11.5. The topological polar surface area (TPSA) is 123 Å². The molecule has 0 spiro atoms. The van der Waals surface area contributed by atoms with Crippen molar-refractivity contribution >= 4 is 29.4 Å². The molecule has 1 fully saturated rings. The lowest BCUT2D eigenvalue weighted by Gasteiger charge is -2.22. The molecule has 0 bridgehead atoms. The Morgan fingerprint density at radius 1 is 1.27 bits per heavy atom. The predicted molar refractivity (Wildman–Crippen MR) is 139 cm³/mol. The summed E-state index contributed by atoms with van der Waals surface area (Å²) < 4.78 is 12.9. The average molecular weight is 505 g/mol. The number of unbranched alkanes of at least 4 members (excludes halogenated alkanes) is 1. The molecule has 1 aromatic carbocycles. The van der Waals surface area contributed by atoms with Gasteiger partial charge >= 0.3 is 0 Å². The Hall–Kier alpha value is -3.85. The molecule has 1 amide bonds. The number of ether oxygens (including phenoxy) is 2. The Morgan fingerprint density at radius 2 is 2.08 bits per heavy atom. The predicted octanol–water partition coefficient (Wildman–Crippen LogP) is 4.32. The fourth-order valence-electron chi connectivity index (χ4n) is 4.42. The quantitative estimate of drug-likeness (QED) is 0.267. The van der Waals surface area contributed by atoms with Crippen LogP contribution in [-0.4, -0.2) is 53.3 Å². The zero-order valence-corrected chi connectivity index (χ0v) is 20.9. The second kappa shape index (κ2) is 12.4. The zero-order valence-electron chi connectivity index (χ0n) is 20.9. The molecule has 9 heteroatoms. The highest BCUT2D eigenvalue weighted by Crippen LogP contribution is 2.25. The van der Waals surface area contributed by atoms with Crippen LogP contribution >= 0.6 is 0 Å². The van der Waals surface area contributed by atoms with E-state index in [-0.39, 0.29) is 35.1 Å². The van der Waals surface area contributed by atoms with E-state index in [4.69, 9.17) is 14.9 Å². The maximum Gasteiger partial charge on any atom is 0.255 e. The Balaban J connectivity index is 1.44. The van der Waals surface area contributed by atoms with Crippen molar-refractivity contribution in [1.29, 1.82) is 5.41 Å². The van der Waals surface area contributed by atoms with Gasteiger partial charge in [-0.05, 0) is 74.2 Å². The fourth-order valence-corrected chi connectivity index (χ4v) is 4.42. The highest BCUT2D eigenvalue weighted by atomic mass is 16.5. The first-order valence-corrected chi connectivity index (χ1v) is 12.6. The highest BCUT2D eigenvalue weighted by Gasteiger charge is 2.23. The number of aromatic nitrogens is 2. The summed E-state index contributed by atoms with van der Waals surface area (Å²) in [5.41, 5.74) is 1.88. The molecule has 37 heavy (non-hydrogen) atoms. The van der Waals surface area contributed by atoms with E-state index in [1.54, 1.807) is 35.2 Å². The van der Waals surface area contributed by atoms with Crippen molar-refractivity contribution in [3.05, 3.63) is 71.3 Å². The number of rotatable bonds is 11. The summed E-state index contributed by atoms with van der Waals surface area (Å²) in [4.78, 5) is 37.8. The Kier molecular flexibility index (Phi) is 8.79. The number of amides is 1. The van der Waals surface area contributed by atoms with Gasteiger partial charge < -0.3 is 20.2 Å². The van der Waals surface area contributed by atoms with Gasteiger partial charge in [0, 0.05) is 37.8 Å². The Morgan fingerprint density at radius 3 is 2.84 bits per heavy atom. The molecule has 1 atom stereocenters. The van der Waals surface area contributed by atoms with E-state index in [0.29, 0.717) is 49.7 Å². The van der Waals surface area contributed by atoms with Crippen LogP contribution in [0.2, 0.25) is 0 Å². The number of allylic oxidation sites excluding steroid dienone is 3. The summed E-state index contributed by atoms with van der Waals surface area (Å²) in [5.74, 6) is -0.337. The minimum absolute atomic E-state index is 0.0201. The van der Waals surface area contributed by atoms with Gasteiger partial charge in [-0.1, -0.05) is 12.1 Å². The second-order valence-corrected chi connectivity index (χ2v) is 9.24. The van der Waals surface area contributed by atoms with Crippen molar-refractivity contribution in [1.82, 2.24) is 9.78 Å². The summed E-state index contributed by atoms with van der Waals surface area (Å²) in [7, 11) is 0. The summed E-state index contributed by atoms with van der Waals surface area (Å²) >= 11 is 0. The van der Waals surface area contributed by atoms with Gasteiger partial charge in [0.15, 0.2) is 17.3 Å². The summed E-state index contributed by atoms with van der Waals surface area (Å²) in [6.45, 7) is 3.19. The number of carbonyl (C=O) groups excluding carboxylic acids is 3. The number of benzene rings is 1. The molecule has 194 valence electrons. The first-order chi connectivity index (χ1) is 17.9. The van der Waals surface area contributed by atoms with Crippen molar-refractivity contribution < 1.29 is 23.9 Å². The number of ketones is 2. The van der Waals surface area contributed by atoms with E-state index in [1.807, 2.05) is 12.1 Å². The molecule has 1 unspecified atom stereocenters. The standard InChI is InChI=1S/C28H32N4O5/c1-19(33)27-25(18-32(31-27)23-9-13-36-14-10-23)30-28(35)21-6-4-5-20(15-21)16-22-17-24(7-8-26(22)34)37-12-3-2-11-29/h4-8,11,15,17-18,22-23,29H,2-3,9-10,12-14,16H2,1H3,(H,30,35). The molecule has 2 N–H and O–H groups in total. The van der Waals surface area contributed by atoms with E-state index in [2.05, 4.69) is 10.4 Å². The number of carbonyl (C=O) groups is 3. The number of nitrogens with zero attached hydrogens (tertiary/aromatic N) is 2. The second-order valence-electron chi connectivity index (χ2n) is 9.24. The van der Waals surface area contributed by atoms with Crippen LogP contribution < -0.4 is 5.32 Å². The van der Waals surface area contributed by atoms with Crippen molar-refractivity contribution in [3.8, 4) is 0 Å². The Bertz CT molecular complexity index is 1220. The van der Waals surface area contributed by atoms with Crippen LogP contribution in [0.3, 0.4) is 0 Å². The molecule has 2 heterocycles. The normalized spacial score (nSPS) is 17.8. The average Bonchev–Trinajstić information content (AvgIpc) is 3.33. The van der Waals surface area contributed by atoms with Gasteiger partial charge in [-0.25, -0.2) is 0 Å². The number of Topliss-reactive ketones (excluding diaryl/α,β-unsaturated/α-hetero) is 1. The maximum atomic E-state index is 13.1. The first kappa shape index (κ1) is 26.2. The van der Waals surface area contributed by atoms with Gasteiger partial charge in [0.1, 0.15) is 5.76 Å².